The quantitative estimate of drug-likeness (QED) is 0.779. The SMILES string of the molecule is CC(C)NC1CC[C@H](C(C)(C)C)N(C)CC1. The van der Waals surface area contributed by atoms with Gasteiger partial charge in [-0.15, -0.1) is 0 Å². The molecule has 1 fully saturated rings. The maximum absolute atomic E-state index is 3.69. The van der Waals surface area contributed by atoms with Crippen molar-refractivity contribution in [1.82, 2.24) is 10.2 Å². The average Bonchev–Trinajstić information content (AvgIpc) is 2.26. The number of hydrogen-bond acceptors (Lipinski definition) is 2. The van der Waals surface area contributed by atoms with Crippen LogP contribution in [0.3, 0.4) is 0 Å². The maximum Gasteiger partial charge on any atom is 0.0141 e. The van der Waals surface area contributed by atoms with Crippen molar-refractivity contribution in [3.8, 4) is 0 Å². The first-order chi connectivity index (χ1) is 7.30. The topological polar surface area (TPSA) is 15.3 Å². The van der Waals surface area contributed by atoms with Crippen molar-refractivity contribution in [3.05, 3.63) is 0 Å². The van der Waals surface area contributed by atoms with Crippen LogP contribution in [0.15, 0.2) is 0 Å². The van der Waals surface area contributed by atoms with Crippen LogP contribution in [0, 0.1) is 5.41 Å². The van der Waals surface area contributed by atoms with E-state index in [0.717, 1.165) is 12.1 Å². The van der Waals surface area contributed by atoms with Crippen LogP contribution < -0.4 is 5.32 Å². The van der Waals surface area contributed by atoms with Gasteiger partial charge in [0.2, 0.25) is 0 Å². The average molecular weight is 226 g/mol. The molecule has 0 spiro atoms. The van der Waals surface area contributed by atoms with Gasteiger partial charge in [0.05, 0.1) is 0 Å². The van der Waals surface area contributed by atoms with E-state index in [0.29, 0.717) is 11.5 Å². The summed E-state index contributed by atoms with van der Waals surface area (Å²) in [5, 5.41) is 3.69. The second-order valence-electron chi connectivity index (χ2n) is 6.75. The van der Waals surface area contributed by atoms with Gasteiger partial charge in [-0.25, -0.2) is 0 Å². The van der Waals surface area contributed by atoms with Crippen LogP contribution in [-0.2, 0) is 0 Å². The molecular weight excluding hydrogens is 196 g/mol. The van der Waals surface area contributed by atoms with E-state index < -0.39 is 0 Å². The Kier molecular flexibility index (Phi) is 4.81. The van der Waals surface area contributed by atoms with E-state index in [1.807, 2.05) is 0 Å². The maximum atomic E-state index is 3.69. The van der Waals surface area contributed by atoms with E-state index in [2.05, 4.69) is 51.9 Å². The fraction of sp³-hybridized carbons (Fsp3) is 1.00. The van der Waals surface area contributed by atoms with Crippen LogP contribution >= 0.6 is 0 Å². The summed E-state index contributed by atoms with van der Waals surface area (Å²) in [6, 6.07) is 2.06. The summed E-state index contributed by atoms with van der Waals surface area (Å²) >= 11 is 0. The summed E-state index contributed by atoms with van der Waals surface area (Å²) in [7, 11) is 2.29. The lowest BCUT2D eigenvalue weighted by Gasteiger charge is -2.36. The van der Waals surface area contributed by atoms with E-state index in [4.69, 9.17) is 0 Å². The second kappa shape index (κ2) is 5.50. The minimum Gasteiger partial charge on any atom is -0.312 e. The molecule has 2 heteroatoms. The van der Waals surface area contributed by atoms with Crippen LogP contribution in [0.5, 0.6) is 0 Å². The molecule has 1 N–H and O–H groups in total. The fourth-order valence-corrected chi connectivity index (χ4v) is 2.97. The lowest BCUT2D eigenvalue weighted by Crippen LogP contribution is -2.41. The number of rotatable bonds is 2. The molecule has 2 nitrogen and oxygen atoms in total. The highest BCUT2D eigenvalue weighted by Crippen LogP contribution is 2.30. The fourth-order valence-electron chi connectivity index (χ4n) is 2.97. The van der Waals surface area contributed by atoms with Gasteiger partial charge in [0.15, 0.2) is 0 Å². The van der Waals surface area contributed by atoms with E-state index in [-0.39, 0.29) is 0 Å². The molecule has 0 aliphatic carbocycles. The van der Waals surface area contributed by atoms with Crippen molar-refractivity contribution < 1.29 is 0 Å². The van der Waals surface area contributed by atoms with Gasteiger partial charge in [0, 0.05) is 18.1 Å². The third-order valence-corrected chi connectivity index (χ3v) is 3.72. The van der Waals surface area contributed by atoms with Crippen molar-refractivity contribution in [2.75, 3.05) is 13.6 Å². The highest BCUT2D eigenvalue weighted by atomic mass is 15.1. The van der Waals surface area contributed by atoms with Crippen LogP contribution in [0.4, 0.5) is 0 Å². The second-order valence-corrected chi connectivity index (χ2v) is 6.75. The molecule has 1 unspecified atom stereocenters. The zero-order valence-corrected chi connectivity index (χ0v) is 12.0. The summed E-state index contributed by atoms with van der Waals surface area (Å²) in [5.41, 5.74) is 0.404. The summed E-state index contributed by atoms with van der Waals surface area (Å²) in [5.74, 6) is 0. The summed E-state index contributed by atoms with van der Waals surface area (Å²) in [4.78, 5) is 2.56. The van der Waals surface area contributed by atoms with Gasteiger partial charge >= 0.3 is 0 Å². The third kappa shape index (κ3) is 4.06. The number of likely N-dealkylation sites (tertiary alicyclic amines) is 1. The van der Waals surface area contributed by atoms with Gasteiger partial charge in [-0.3, -0.25) is 0 Å². The lowest BCUT2D eigenvalue weighted by atomic mass is 9.83. The normalized spacial score (nSPS) is 29.4. The summed E-state index contributed by atoms with van der Waals surface area (Å²) in [6.07, 6.45) is 3.94. The molecule has 16 heavy (non-hydrogen) atoms. The van der Waals surface area contributed by atoms with Crippen LogP contribution in [-0.4, -0.2) is 36.6 Å². The predicted molar refractivity (Wildman–Crippen MR) is 71.8 cm³/mol. The van der Waals surface area contributed by atoms with E-state index in [1.165, 1.54) is 25.8 Å². The Morgan fingerprint density at radius 3 is 2.25 bits per heavy atom. The molecular formula is C14H30N2. The molecule has 0 saturated carbocycles. The van der Waals surface area contributed by atoms with Gasteiger partial charge < -0.3 is 10.2 Å². The molecule has 1 rings (SSSR count). The number of hydrogen-bond donors (Lipinski definition) is 1. The number of nitrogens with one attached hydrogen (secondary N) is 1. The largest absolute Gasteiger partial charge is 0.312 e. The molecule has 0 amide bonds. The highest BCUT2D eigenvalue weighted by molar-refractivity contribution is 4.87. The molecule has 1 saturated heterocycles. The van der Waals surface area contributed by atoms with E-state index >= 15 is 0 Å². The Hall–Kier alpha value is -0.0800. The van der Waals surface area contributed by atoms with Gasteiger partial charge in [-0.1, -0.05) is 34.6 Å². The van der Waals surface area contributed by atoms with Gasteiger partial charge in [-0.2, -0.15) is 0 Å². The first-order valence-electron chi connectivity index (χ1n) is 6.77. The lowest BCUT2D eigenvalue weighted by molar-refractivity contribution is 0.127. The van der Waals surface area contributed by atoms with Gasteiger partial charge in [0.25, 0.3) is 0 Å². The monoisotopic (exact) mass is 226 g/mol. The van der Waals surface area contributed by atoms with Crippen molar-refractivity contribution in [3.63, 3.8) is 0 Å². The van der Waals surface area contributed by atoms with Gasteiger partial charge in [-0.05, 0) is 38.3 Å². The van der Waals surface area contributed by atoms with Crippen molar-refractivity contribution in [1.29, 1.82) is 0 Å². The van der Waals surface area contributed by atoms with Crippen molar-refractivity contribution in [2.45, 2.75) is 72.0 Å². The molecule has 96 valence electrons. The van der Waals surface area contributed by atoms with Crippen LogP contribution in [0.25, 0.3) is 0 Å². The van der Waals surface area contributed by atoms with Crippen molar-refractivity contribution >= 4 is 0 Å². The van der Waals surface area contributed by atoms with Crippen LogP contribution in [0.2, 0.25) is 0 Å². The molecule has 0 bridgehead atoms. The van der Waals surface area contributed by atoms with Gasteiger partial charge in [0.1, 0.15) is 0 Å². The minimum absolute atomic E-state index is 0.404. The first kappa shape index (κ1) is 14.0. The predicted octanol–water partition coefficient (Wildman–Crippen LogP) is 2.88. The Labute approximate surface area is 102 Å². The molecule has 1 heterocycles. The summed E-state index contributed by atoms with van der Waals surface area (Å²) in [6.45, 7) is 12.8. The Bertz CT molecular complexity index is 205. The molecule has 0 aromatic heterocycles. The molecule has 2 atom stereocenters. The third-order valence-electron chi connectivity index (χ3n) is 3.72. The van der Waals surface area contributed by atoms with E-state index in [1.54, 1.807) is 0 Å². The zero-order chi connectivity index (χ0) is 12.3. The smallest absolute Gasteiger partial charge is 0.0141 e. The molecule has 0 radical (unpaired) electrons. The minimum atomic E-state index is 0.404. The Balaban J connectivity index is 2.56. The number of nitrogens with zero attached hydrogens (tertiary/aromatic N) is 1. The highest BCUT2D eigenvalue weighted by Gasteiger charge is 2.31. The van der Waals surface area contributed by atoms with Crippen LogP contribution in [0.1, 0.15) is 53.9 Å². The first-order valence-corrected chi connectivity index (χ1v) is 6.77. The molecule has 0 aromatic carbocycles. The zero-order valence-electron chi connectivity index (χ0n) is 12.0. The molecule has 0 aromatic rings. The Morgan fingerprint density at radius 1 is 1.12 bits per heavy atom. The van der Waals surface area contributed by atoms with Crippen molar-refractivity contribution in [2.24, 2.45) is 5.41 Å². The standard InChI is InChI=1S/C14H30N2/c1-11(2)15-12-7-8-13(14(3,4)5)16(6)10-9-12/h11-13,15H,7-10H2,1-6H3/t12?,13-/m1/s1. The van der Waals surface area contributed by atoms with E-state index in [9.17, 15) is 0 Å². The Morgan fingerprint density at radius 2 is 1.75 bits per heavy atom. The molecule has 1 aliphatic heterocycles. The molecule has 1 aliphatic rings. The summed E-state index contributed by atoms with van der Waals surface area (Å²) < 4.78 is 0.